The molecular formula is C14H17BrN6O2. The molecule has 1 aliphatic rings. The van der Waals surface area contributed by atoms with Gasteiger partial charge in [-0.2, -0.15) is 5.10 Å². The van der Waals surface area contributed by atoms with Crippen LogP contribution < -0.4 is 10.6 Å². The minimum Gasteiger partial charge on any atom is -0.347 e. The molecule has 23 heavy (non-hydrogen) atoms. The second-order valence-corrected chi connectivity index (χ2v) is 6.47. The minimum atomic E-state index is -0.237. The van der Waals surface area contributed by atoms with Crippen molar-refractivity contribution in [3.63, 3.8) is 0 Å². The molecule has 8 nitrogen and oxygen atoms in total. The lowest BCUT2D eigenvalue weighted by Crippen LogP contribution is -2.38. The van der Waals surface area contributed by atoms with Gasteiger partial charge in [-0.05, 0) is 28.1 Å². The van der Waals surface area contributed by atoms with Gasteiger partial charge in [0.05, 0.1) is 6.54 Å². The van der Waals surface area contributed by atoms with Crippen molar-refractivity contribution in [3.05, 3.63) is 39.1 Å². The molecule has 1 aliphatic heterocycles. The molecule has 0 bridgehead atoms. The summed E-state index contributed by atoms with van der Waals surface area (Å²) in [6.07, 6.45) is 1.74. The summed E-state index contributed by atoms with van der Waals surface area (Å²) in [5.74, 6) is 1.33. The van der Waals surface area contributed by atoms with Crippen LogP contribution in [0.5, 0.6) is 0 Å². The first kappa shape index (κ1) is 15.7. The molecular weight excluding hydrogens is 364 g/mol. The minimum absolute atomic E-state index is 0.0393. The highest BCUT2D eigenvalue weighted by molar-refractivity contribution is 9.10. The Bertz CT molecular complexity index is 780. The van der Waals surface area contributed by atoms with Crippen LogP contribution in [0.1, 0.15) is 5.82 Å². The molecule has 0 saturated heterocycles. The van der Waals surface area contributed by atoms with E-state index in [4.69, 9.17) is 0 Å². The average molecular weight is 381 g/mol. The number of pyridine rings is 1. The highest BCUT2D eigenvalue weighted by Crippen LogP contribution is 2.18. The zero-order valence-corrected chi connectivity index (χ0v) is 14.5. The fraction of sp³-hybridized carbons (Fsp3) is 0.429. The van der Waals surface area contributed by atoms with Gasteiger partial charge in [-0.3, -0.25) is 9.36 Å². The number of anilines is 1. The molecule has 0 radical (unpaired) electrons. The average Bonchev–Trinajstić information content (AvgIpc) is 2.83. The number of carbonyl (C=O) groups is 1. The van der Waals surface area contributed by atoms with E-state index in [2.05, 4.69) is 30.9 Å². The van der Waals surface area contributed by atoms with E-state index in [-0.39, 0.29) is 18.1 Å². The van der Waals surface area contributed by atoms with Crippen molar-refractivity contribution >= 4 is 27.7 Å². The molecule has 3 rings (SSSR count). The van der Waals surface area contributed by atoms with Crippen LogP contribution in [0.15, 0.2) is 27.6 Å². The Morgan fingerprint density at radius 2 is 2.13 bits per heavy atom. The van der Waals surface area contributed by atoms with Gasteiger partial charge in [0, 0.05) is 37.9 Å². The Labute approximate surface area is 141 Å². The maximum absolute atomic E-state index is 12.3. The third kappa shape index (κ3) is 3.14. The van der Waals surface area contributed by atoms with Crippen LogP contribution in [-0.2, 0) is 24.4 Å². The van der Waals surface area contributed by atoms with Gasteiger partial charge in [0.25, 0.3) is 0 Å². The maximum Gasteiger partial charge on any atom is 0.346 e. The Balaban J connectivity index is 1.82. The predicted octanol–water partition coefficient (Wildman–Crippen LogP) is 0.311. The first-order valence-corrected chi connectivity index (χ1v) is 7.98. The Kier molecular flexibility index (Phi) is 4.20. The lowest BCUT2D eigenvalue weighted by Gasteiger charge is -2.27. The smallest absolute Gasteiger partial charge is 0.346 e. The molecule has 0 fully saturated rings. The molecule has 0 atom stereocenters. The highest BCUT2D eigenvalue weighted by Gasteiger charge is 2.23. The van der Waals surface area contributed by atoms with Gasteiger partial charge < -0.3 is 9.80 Å². The summed E-state index contributed by atoms with van der Waals surface area (Å²) in [5.41, 5.74) is -0.237. The van der Waals surface area contributed by atoms with Gasteiger partial charge in [0.15, 0.2) is 5.82 Å². The lowest BCUT2D eigenvalue weighted by molar-refractivity contribution is -0.129. The van der Waals surface area contributed by atoms with Gasteiger partial charge >= 0.3 is 5.69 Å². The molecule has 1 amide bonds. The number of hydrogen-bond acceptors (Lipinski definition) is 5. The number of halogens is 1. The van der Waals surface area contributed by atoms with Gasteiger partial charge in [0.2, 0.25) is 5.91 Å². The number of carbonyl (C=O) groups excluding carboxylic acids is 1. The molecule has 0 N–H and O–H groups in total. The summed E-state index contributed by atoms with van der Waals surface area (Å²) in [6.45, 7) is 1.66. The second-order valence-electron chi connectivity index (χ2n) is 5.55. The summed E-state index contributed by atoms with van der Waals surface area (Å²) < 4.78 is 3.77. The fourth-order valence-electron chi connectivity index (χ4n) is 2.42. The summed E-state index contributed by atoms with van der Waals surface area (Å²) in [6, 6.07) is 3.85. The molecule has 0 saturated carbocycles. The Morgan fingerprint density at radius 1 is 1.35 bits per heavy atom. The van der Waals surface area contributed by atoms with Crippen LogP contribution in [0.25, 0.3) is 0 Å². The molecule has 0 aliphatic carbocycles. The SMILES string of the molecule is CN(C)C(=O)Cn1nc2n(c1=O)CCN(c1ccc(Br)cn1)C2. The molecule has 0 spiro atoms. The fourth-order valence-corrected chi connectivity index (χ4v) is 2.66. The topological polar surface area (TPSA) is 76.3 Å². The third-order valence-electron chi connectivity index (χ3n) is 3.74. The van der Waals surface area contributed by atoms with Crippen LogP contribution >= 0.6 is 15.9 Å². The van der Waals surface area contributed by atoms with Crippen molar-refractivity contribution in [3.8, 4) is 0 Å². The molecule has 0 unspecified atom stereocenters. The Morgan fingerprint density at radius 3 is 2.78 bits per heavy atom. The van der Waals surface area contributed by atoms with Gasteiger partial charge in [0.1, 0.15) is 12.4 Å². The number of likely N-dealkylation sites (N-methyl/N-ethyl adjacent to an activating group) is 1. The van der Waals surface area contributed by atoms with Crippen molar-refractivity contribution in [1.82, 2.24) is 24.2 Å². The van der Waals surface area contributed by atoms with Crippen LogP contribution in [0.4, 0.5) is 5.82 Å². The van der Waals surface area contributed by atoms with Crippen molar-refractivity contribution in [2.75, 3.05) is 25.5 Å². The lowest BCUT2D eigenvalue weighted by atomic mass is 10.3. The van der Waals surface area contributed by atoms with E-state index in [0.717, 1.165) is 10.3 Å². The van der Waals surface area contributed by atoms with Gasteiger partial charge in [-0.15, -0.1) is 0 Å². The molecule has 2 aromatic rings. The summed E-state index contributed by atoms with van der Waals surface area (Å²) in [5, 5.41) is 4.31. The molecule has 0 aromatic carbocycles. The van der Waals surface area contributed by atoms with E-state index < -0.39 is 0 Å². The van der Waals surface area contributed by atoms with Crippen LogP contribution in [0, 0.1) is 0 Å². The van der Waals surface area contributed by atoms with E-state index in [1.165, 1.54) is 9.58 Å². The van der Waals surface area contributed by atoms with Gasteiger partial charge in [-0.25, -0.2) is 14.5 Å². The molecule has 2 aromatic heterocycles. The normalized spacial score (nSPS) is 13.8. The van der Waals surface area contributed by atoms with Crippen molar-refractivity contribution < 1.29 is 4.79 Å². The van der Waals surface area contributed by atoms with Crippen molar-refractivity contribution in [2.45, 2.75) is 19.6 Å². The first-order valence-electron chi connectivity index (χ1n) is 7.19. The van der Waals surface area contributed by atoms with E-state index in [1.807, 2.05) is 12.1 Å². The monoisotopic (exact) mass is 380 g/mol. The zero-order valence-electron chi connectivity index (χ0n) is 12.9. The Hall–Kier alpha value is -2.16. The van der Waals surface area contributed by atoms with E-state index >= 15 is 0 Å². The van der Waals surface area contributed by atoms with Crippen LogP contribution in [0.3, 0.4) is 0 Å². The van der Waals surface area contributed by atoms with E-state index in [1.54, 1.807) is 24.9 Å². The molecule has 3 heterocycles. The molecule has 9 heteroatoms. The quantitative estimate of drug-likeness (QED) is 0.765. The zero-order chi connectivity index (χ0) is 16.6. The standard InChI is InChI=1S/C14H17BrN6O2/c1-18(2)13(22)9-21-14(23)20-6-5-19(8-12(20)17-21)11-4-3-10(15)7-16-11/h3-4,7H,5-6,8-9H2,1-2H3. The van der Waals surface area contributed by atoms with Crippen molar-refractivity contribution in [2.24, 2.45) is 0 Å². The number of amides is 1. The third-order valence-corrected chi connectivity index (χ3v) is 4.21. The maximum atomic E-state index is 12.3. The number of hydrogen-bond donors (Lipinski definition) is 0. The highest BCUT2D eigenvalue weighted by atomic mass is 79.9. The number of fused-ring (bicyclic) bond motifs is 1. The number of aromatic nitrogens is 4. The van der Waals surface area contributed by atoms with Crippen LogP contribution in [0.2, 0.25) is 0 Å². The number of rotatable bonds is 3. The van der Waals surface area contributed by atoms with Crippen LogP contribution in [-0.4, -0.2) is 50.8 Å². The largest absolute Gasteiger partial charge is 0.347 e. The van der Waals surface area contributed by atoms with E-state index in [9.17, 15) is 9.59 Å². The predicted molar refractivity (Wildman–Crippen MR) is 88.2 cm³/mol. The van der Waals surface area contributed by atoms with Gasteiger partial charge in [-0.1, -0.05) is 0 Å². The second kappa shape index (κ2) is 6.15. The summed E-state index contributed by atoms with van der Waals surface area (Å²) >= 11 is 3.36. The summed E-state index contributed by atoms with van der Waals surface area (Å²) in [4.78, 5) is 32.0. The van der Waals surface area contributed by atoms with E-state index in [0.29, 0.717) is 25.5 Å². The summed E-state index contributed by atoms with van der Waals surface area (Å²) in [7, 11) is 3.31. The molecule has 122 valence electrons. The first-order chi connectivity index (χ1) is 11.0. The van der Waals surface area contributed by atoms with Crippen molar-refractivity contribution in [1.29, 1.82) is 0 Å². The number of nitrogens with zero attached hydrogens (tertiary/aromatic N) is 6.